The summed E-state index contributed by atoms with van der Waals surface area (Å²) in [6.45, 7) is -0.0355. The molecule has 2 rings (SSSR count). The van der Waals surface area contributed by atoms with Crippen molar-refractivity contribution in [3.63, 3.8) is 0 Å². The van der Waals surface area contributed by atoms with Crippen LogP contribution in [0.3, 0.4) is 0 Å². The molecule has 2 atom stereocenters. The number of fused-ring (bicyclic) bond motifs is 1. The Morgan fingerprint density at radius 3 is 2.32 bits per heavy atom. The van der Waals surface area contributed by atoms with E-state index in [1.807, 2.05) is 0 Å². The Kier molecular flexibility index (Phi) is 4.78. The molecule has 0 saturated carbocycles. The number of hydrogen-bond acceptors (Lipinski definition) is 4. The molecule has 108 valence electrons. The van der Waals surface area contributed by atoms with Gasteiger partial charge in [0.2, 0.25) is 6.79 Å². The second-order valence-corrected chi connectivity index (χ2v) is 4.15. The number of hydrogen-bond donors (Lipinski definition) is 2. The third kappa shape index (κ3) is 3.17. The summed E-state index contributed by atoms with van der Waals surface area (Å²) in [4.78, 5) is 0. The van der Waals surface area contributed by atoms with Crippen LogP contribution in [0, 0.1) is 0 Å². The summed E-state index contributed by atoms with van der Waals surface area (Å²) in [5.74, 6) is 0.580. The zero-order chi connectivity index (χ0) is 13.5. The standard InChI is InChI=1S/C10H9ClF3NO3.ClH/c11-5-2-7-6(17-3-18-7)1-4(5)8(15)9(16)10(12,13)14;/h1-2,8-9,16H,3,15H2;1H/t8-,9-;/m0./s1. The van der Waals surface area contributed by atoms with E-state index in [9.17, 15) is 13.2 Å². The number of benzene rings is 1. The van der Waals surface area contributed by atoms with Gasteiger partial charge in [-0.15, -0.1) is 12.4 Å². The van der Waals surface area contributed by atoms with Crippen molar-refractivity contribution in [3.05, 3.63) is 22.7 Å². The second kappa shape index (κ2) is 5.62. The fourth-order valence-electron chi connectivity index (χ4n) is 1.56. The van der Waals surface area contributed by atoms with E-state index in [4.69, 9.17) is 31.9 Å². The van der Waals surface area contributed by atoms with Gasteiger partial charge in [-0.25, -0.2) is 0 Å². The fourth-order valence-corrected chi connectivity index (χ4v) is 1.84. The van der Waals surface area contributed by atoms with Gasteiger partial charge >= 0.3 is 6.18 Å². The largest absolute Gasteiger partial charge is 0.454 e. The molecule has 0 spiro atoms. The lowest BCUT2D eigenvalue weighted by molar-refractivity contribution is -0.210. The molecular formula is C10H10Cl2F3NO3. The van der Waals surface area contributed by atoms with Crippen molar-refractivity contribution in [2.75, 3.05) is 6.79 Å². The van der Waals surface area contributed by atoms with Crippen LogP contribution in [0.25, 0.3) is 0 Å². The van der Waals surface area contributed by atoms with Crippen LogP contribution in [0.2, 0.25) is 5.02 Å². The quantitative estimate of drug-likeness (QED) is 0.878. The van der Waals surface area contributed by atoms with Gasteiger partial charge in [-0.1, -0.05) is 11.6 Å². The van der Waals surface area contributed by atoms with E-state index in [1.54, 1.807) is 0 Å². The molecular weight excluding hydrogens is 310 g/mol. The van der Waals surface area contributed by atoms with Gasteiger partial charge in [-0.2, -0.15) is 13.2 Å². The number of rotatable bonds is 2. The molecule has 3 N–H and O–H groups in total. The van der Waals surface area contributed by atoms with Crippen LogP contribution in [0.1, 0.15) is 11.6 Å². The van der Waals surface area contributed by atoms with Gasteiger partial charge in [-0.05, 0) is 11.6 Å². The lowest BCUT2D eigenvalue weighted by Crippen LogP contribution is -2.38. The van der Waals surface area contributed by atoms with Gasteiger partial charge in [0.05, 0.1) is 6.04 Å². The molecule has 9 heteroatoms. The van der Waals surface area contributed by atoms with E-state index in [-0.39, 0.29) is 35.5 Å². The SMILES string of the molecule is Cl.N[C@@H](c1cc2c(cc1Cl)OCO2)[C@H](O)C(F)(F)F. The summed E-state index contributed by atoms with van der Waals surface area (Å²) in [7, 11) is 0. The van der Waals surface area contributed by atoms with Crippen molar-refractivity contribution in [1.29, 1.82) is 0 Å². The predicted octanol–water partition coefficient (Wildman–Crippen LogP) is 2.41. The number of aliphatic hydroxyl groups excluding tert-OH is 1. The fraction of sp³-hybridized carbons (Fsp3) is 0.400. The molecule has 1 heterocycles. The van der Waals surface area contributed by atoms with Crippen LogP contribution in [0.4, 0.5) is 13.2 Å². The van der Waals surface area contributed by atoms with Crippen LogP contribution in [-0.2, 0) is 0 Å². The average molecular weight is 320 g/mol. The maximum absolute atomic E-state index is 12.4. The first-order valence-corrected chi connectivity index (χ1v) is 5.28. The van der Waals surface area contributed by atoms with Crippen LogP contribution in [0.15, 0.2) is 12.1 Å². The molecule has 0 radical (unpaired) electrons. The van der Waals surface area contributed by atoms with Crippen LogP contribution >= 0.6 is 24.0 Å². The number of alkyl halides is 3. The molecule has 4 nitrogen and oxygen atoms in total. The van der Waals surface area contributed by atoms with Gasteiger partial charge in [0.1, 0.15) is 0 Å². The maximum atomic E-state index is 12.4. The maximum Gasteiger partial charge on any atom is 0.416 e. The highest BCUT2D eigenvalue weighted by molar-refractivity contribution is 6.31. The summed E-state index contributed by atoms with van der Waals surface area (Å²) in [6, 6.07) is 0.860. The molecule has 1 aliphatic rings. The topological polar surface area (TPSA) is 64.7 Å². The Morgan fingerprint density at radius 1 is 1.26 bits per heavy atom. The minimum absolute atomic E-state index is 0. The number of aliphatic hydroxyl groups is 1. The van der Waals surface area contributed by atoms with E-state index in [0.717, 1.165) is 0 Å². The van der Waals surface area contributed by atoms with Crippen molar-refractivity contribution >= 4 is 24.0 Å². The summed E-state index contributed by atoms with van der Waals surface area (Å²) < 4.78 is 47.1. The Hall–Kier alpha value is -0.890. The van der Waals surface area contributed by atoms with Crippen molar-refractivity contribution in [2.24, 2.45) is 5.73 Å². The van der Waals surface area contributed by atoms with Gasteiger partial charge in [0.25, 0.3) is 0 Å². The van der Waals surface area contributed by atoms with Crippen LogP contribution in [-0.4, -0.2) is 24.2 Å². The number of ether oxygens (including phenoxy) is 2. The lowest BCUT2D eigenvalue weighted by Gasteiger charge is -2.22. The van der Waals surface area contributed by atoms with E-state index in [0.29, 0.717) is 5.75 Å². The van der Waals surface area contributed by atoms with Crippen molar-refractivity contribution in [1.82, 2.24) is 0 Å². The third-order valence-corrected chi connectivity index (χ3v) is 2.85. The molecule has 1 aromatic carbocycles. The minimum Gasteiger partial charge on any atom is -0.454 e. The highest BCUT2D eigenvalue weighted by atomic mass is 35.5. The zero-order valence-corrected chi connectivity index (χ0v) is 10.9. The molecule has 1 aliphatic heterocycles. The normalized spacial score (nSPS) is 16.7. The minimum atomic E-state index is -4.82. The summed E-state index contributed by atoms with van der Waals surface area (Å²) in [6.07, 6.45) is -7.52. The van der Waals surface area contributed by atoms with Gasteiger partial charge in [-0.3, -0.25) is 0 Å². The highest BCUT2D eigenvalue weighted by Crippen LogP contribution is 2.40. The van der Waals surface area contributed by atoms with Crippen molar-refractivity contribution in [3.8, 4) is 11.5 Å². The predicted molar refractivity (Wildman–Crippen MR) is 63.8 cm³/mol. The molecule has 19 heavy (non-hydrogen) atoms. The Morgan fingerprint density at radius 2 is 1.79 bits per heavy atom. The zero-order valence-electron chi connectivity index (χ0n) is 9.28. The molecule has 0 aliphatic carbocycles. The van der Waals surface area contributed by atoms with Crippen LogP contribution in [0.5, 0.6) is 11.5 Å². The van der Waals surface area contributed by atoms with E-state index in [2.05, 4.69) is 0 Å². The average Bonchev–Trinajstić information content (AvgIpc) is 2.71. The summed E-state index contributed by atoms with van der Waals surface area (Å²) in [5, 5.41) is 9.08. The molecule has 1 aromatic rings. The van der Waals surface area contributed by atoms with E-state index in [1.165, 1.54) is 12.1 Å². The third-order valence-electron chi connectivity index (χ3n) is 2.53. The van der Waals surface area contributed by atoms with Gasteiger partial charge < -0.3 is 20.3 Å². The first-order chi connectivity index (χ1) is 8.30. The van der Waals surface area contributed by atoms with Crippen LogP contribution < -0.4 is 15.2 Å². The Bertz CT molecular complexity index is 470. The van der Waals surface area contributed by atoms with Crippen molar-refractivity contribution < 1.29 is 27.8 Å². The molecule has 0 aromatic heterocycles. The summed E-state index contributed by atoms with van der Waals surface area (Å²) in [5.41, 5.74) is 5.32. The molecule has 0 saturated heterocycles. The Labute approximate surface area is 117 Å². The highest BCUT2D eigenvalue weighted by Gasteiger charge is 2.43. The van der Waals surface area contributed by atoms with Crippen molar-refractivity contribution in [2.45, 2.75) is 18.3 Å². The van der Waals surface area contributed by atoms with Gasteiger partial charge in [0.15, 0.2) is 17.6 Å². The second-order valence-electron chi connectivity index (χ2n) is 3.74. The molecule has 0 bridgehead atoms. The first-order valence-electron chi connectivity index (χ1n) is 4.90. The first kappa shape index (κ1) is 16.2. The summed E-state index contributed by atoms with van der Waals surface area (Å²) >= 11 is 5.80. The number of nitrogens with two attached hydrogens (primary N) is 1. The number of halogens is 5. The molecule has 0 amide bonds. The van der Waals surface area contributed by atoms with Gasteiger partial charge in [0, 0.05) is 11.1 Å². The monoisotopic (exact) mass is 319 g/mol. The molecule has 0 fully saturated rings. The Balaban J connectivity index is 0.00000180. The smallest absolute Gasteiger partial charge is 0.416 e. The molecule has 0 unspecified atom stereocenters. The lowest BCUT2D eigenvalue weighted by atomic mass is 10.0. The van der Waals surface area contributed by atoms with E-state index >= 15 is 0 Å². The van der Waals surface area contributed by atoms with E-state index < -0.39 is 18.3 Å².